The van der Waals surface area contributed by atoms with Crippen LogP contribution in [0.25, 0.3) is 0 Å². The van der Waals surface area contributed by atoms with Crippen molar-refractivity contribution in [2.75, 3.05) is 18.5 Å². The molecule has 2 amide bonds. The number of rotatable bonds is 6. The second kappa shape index (κ2) is 9.04. The van der Waals surface area contributed by atoms with Crippen LogP contribution in [0.5, 0.6) is 0 Å². The van der Waals surface area contributed by atoms with Crippen molar-refractivity contribution in [3.63, 3.8) is 0 Å². The number of carbonyl (C=O) groups excluding carboxylic acids is 3. The maximum atomic E-state index is 12.9. The summed E-state index contributed by atoms with van der Waals surface area (Å²) in [6, 6.07) is 4.75. The van der Waals surface area contributed by atoms with Crippen molar-refractivity contribution in [1.82, 2.24) is 9.88 Å². The van der Waals surface area contributed by atoms with Crippen LogP contribution < -0.4 is 5.32 Å². The molecule has 2 aromatic rings. The van der Waals surface area contributed by atoms with Crippen LogP contribution in [-0.2, 0) is 27.0 Å². The van der Waals surface area contributed by atoms with Gasteiger partial charge < -0.3 is 15.0 Å². The van der Waals surface area contributed by atoms with E-state index in [1.165, 1.54) is 17.0 Å². The van der Waals surface area contributed by atoms with Gasteiger partial charge in [-0.2, -0.15) is 13.2 Å². The van der Waals surface area contributed by atoms with Crippen LogP contribution in [0.2, 0.25) is 0 Å². The Morgan fingerprint density at radius 3 is 2.77 bits per heavy atom. The number of hydrogen-bond donors (Lipinski definition) is 1. The molecule has 0 bridgehead atoms. The minimum Gasteiger partial charge on any atom is -0.462 e. The molecule has 1 fully saturated rings. The zero-order valence-corrected chi connectivity index (χ0v) is 17.6. The molecule has 0 saturated carbocycles. The number of anilines is 1. The Kier molecular flexibility index (Phi) is 6.63. The van der Waals surface area contributed by atoms with E-state index in [9.17, 15) is 27.6 Å². The Morgan fingerprint density at radius 1 is 1.35 bits per heavy atom. The third-order valence-corrected chi connectivity index (χ3v) is 5.75. The molecule has 1 aromatic heterocycles. The van der Waals surface area contributed by atoms with E-state index >= 15 is 0 Å². The highest BCUT2D eigenvalue weighted by atomic mass is 32.1. The Hall–Kier alpha value is -2.95. The second-order valence-electron chi connectivity index (χ2n) is 7.02. The zero-order valence-electron chi connectivity index (χ0n) is 16.8. The van der Waals surface area contributed by atoms with Crippen molar-refractivity contribution >= 4 is 34.3 Å². The minimum atomic E-state index is -4.47. The van der Waals surface area contributed by atoms with E-state index < -0.39 is 29.5 Å². The lowest BCUT2D eigenvalue weighted by atomic mass is 10.1. The lowest BCUT2D eigenvalue weighted by Gasteiger charge is -2.17. The molecule has 1 aliphatic rings. The molecule has 1 N–H and O–H groups in total. The van der Waals surface area contributed by atoms with E-state index in [4.69, 9.17) is 4.74 Å². The SMILES string of the molecule is CCOC(=O)c1sc(NC(=O)C2CC(=O)N(Cc3cccc(C(F)(F)F)c3)C2)nc1C. The summed E-state index contributed by atoms with van der Waals surface area (Å²) in [7, 11) is 0. The number of esters is 1. The van der Waals surface area contributed by atoms with E-state index in [0.29, 0.717) is 11.3 Å². The molecule has 1 saturated heterocycles. The maximum Gasteiger partial charge on any atom is 0.416 e. The molecule has 1 aromatic carbocycles. The Balaban J connectivity index is 1.63. The third-order valence-electron chi connectivity index (χ3n) is 4.70. The summed E-state index contributed by atoms with van der Waals surface area (Å²) in [6.45, 7) is 3.57. The van der Waals surface area contributed by atoms with Crippen molar-refractivity contribution in [2.45, 2.75) is 33.0 Å². The summed E-state index contributed by atoms with van der Waals surface area (Å²) in [5.74, 6) is -1.96. The van der Waals surface area contributed by atoms with Crippen LogP contribution >= 0.6 is 11.3 Å². The highest BCUT2D eigenvalue weighted by molar-refractivity contribution is 7.17. The molecule has 3 rings (SSSR count). The largest absolute Gasteiger partial charge is 0.462 e. The molecule has 0 spiro atoms. The van der Waals surface area contributed by atoms with Crippen molar-refractivity contribution in [2.24, 2.45) is 5.92 Å². The summed E-state index contributed by atoms with van der Waals surface area (Å²) in [5.41, 5.74) is -0.0336. The van der Waals surface area contributed by atoms with E-state index in [2.05, 4.69) is 10.3 Å². The van der Waals surface area contributed by atoms with E-state index in [-0.39, 0.29) is 42.0 Å². The van der Waals surface area contributed by atoms with Crippen molar-refractivity contribution in [3.05, 3.63) is 46.0 Å². The number of aryl methyl sites for hydroxylation is 1. The first-order chi connectivity index (χ1) is 14.6. The van der Waals surface area contributed by atoms with Gasteiger partial charge in [0.1, 0.15) is 4.88 Å². The fourth-order valence-electron chi connectivity index (χ4n) is 3.21. The van der Waals surface area contributed by atoms with Gasteiger partial charge in [0, 0.05) is 19.5 Å². The fourth-order valence-corrected chi connectivity index (χ4v) is 4.07. The molecule has 31 heavy (non-hydrogen) atoms. The third kappa shape index (κ3) is 5.40. The van der Waals surface area contributed by atoms with Crippen LogP contribution in [0, 0.1) is 12.8 Å². The number of aromatic nitrogens is 1. The number of likely N-dealkylation sites (tertiary alicyclic amines) is 1. The highest BCUT2D eigenvalue weighted by Gasteiger charge is 2.35. The summed E-state index contributed by atoms with van der Waals surface area (Å²) >= 11 is 0.980. The molecule has 0 aliphatic carbocycles. The highest BCUT2D eigenvalue weighted by Crippen LogP contribution is 2.31. The average Bonchev–Trinajstić information content (AvgIpc) is 3.24. The Bertz CT molecular complexity index is 1010. The van der Waals surface area contributed by atoms with Crippen molar-refractivity contribution in [1.29, 1.82) is 0 Å². The number of ether oxygens (including phenoxy) is 1. The lowest BCUT2D eigenvalue weighted by molar-refractivity contribution is -0.137. The van der Waals surface area contributed by atoms with Gasteiger partial charge >= 0.3 is 12.1 Å². The van der Waals surface area contributed by atoms with Crippen LogP contribution in [0.15, 0.2) is 24.3 Å². The number of benzene rings is 1. The number of amides is 2. The quantitative estimate of drug-likeness (QED) is 0.672. The molecule has 1 unspecified atom stereocenters. The fraction of sp³-hybridized carbons (Fsp3) is 0.400. The summed E-state index contributed by atoms with van der Waals surface area (Å²) in [6.07, 6.45) is -4.53. The first kappa shape index (κ1) is 22.7. The first-order valence-electron chi connectivity index (χ1n) is 9.47. The number of halogens is 3. The van der Waals surface area contributed by atoms with Crippen LogP contribution in [0.1, 0.15) is 39.8 Å². The van der Waals surface area contributed by atoms with Gasteiger partial charge in [-0.05, 0) is 31.5 Å². The maximum absolute atomic E-state index is 12.9. The van der Waals surface area contributed by atoms with Gasteiger partial charge in [0.25, 0.3) is 0 Å². The summed E-state index contributed by atoms with van der Waals surface area (Å²) in [4.78, 5) is 42.5. The minimum absolute atomic E-state index is 0.0180. The molecular weight excluding hydrogens is 435 g/mol. The number of hydrogen-bond acceptors (Lipinski definition) is 6. The molecule has 1 aliphatic heterocycles. The molecule has 1 atom stereocenters. The number of nitrogens with one attached hydrogen (secondary N) is 1. The van der Waals surface area contributed by atoms with Gasteiger partial charge in [-0.15, -0.1) is 0 Å². The van der Waals surface area contributed by atoms with E-state index in [1.54, 1.807) is 13.8 Å². The van der Waals surface area contributed by atoms with Gasteiger partial charge in [-0.1, -0.05) is 23.5 Å². The molecule has 7 nitrogen and oxygen atoms in total. The van der Waals surface area contributed by atoms with Gasteiger partial charge in [0.05, 0.1) is 23.8 Å². The first-order valence-corrected chi connectivity index (χ1v) is 10.3. The van der Waals surface area contributed by atoms with Crippen LogP contribution in [-0.4, -0.2) is 40.8 Å². The van der Waals surface area contributed by atoms with Gasteiger partial charge in [0.2, 0.25) is 11.8 Å². The monoisotopic (exact) mass is 455 g/mol. The topological polar surface area (TPSA) is 88.6 Å². The second-order valence-corrected chi connectivity index (χ2v) is 8.02. The van der Waals surface area contributed by atoms with E-state index in [0.717, 1.165) is 23.5 Å². The molecule has 2 heterocycles. The Labute approximate surface area is 180 Å². The zero-order chi connectivity index (χ0) is 22.8. The molecule has 11 heteroatoms. The van der Waals surface area contributed by atoms with Gasteiger partial charge in [-0.3, -0.25) is 9.59 Å². The smallest absolute Gasteiger partial charge is 0.416 e. The lowest BCUT2D eigenvalue weighted by Crippen LogP contribution is -2.28. The van der Waals surface area contributed by atoms with Gasteiger partial charge in [0.15, 0.2) is 5.13 Å². The molecule has 0 radical (unpaired) electrons. The average molecular weight is 455 g/mol. The number of thiazole rings is 1. The predicted octanol–water partition coefficient (Wildman–Crippen LogP) is 3.63. The number of nitrogens with zero attached hydrogens (tertiary/aromatic N) is 2. The number of alkyl halides is 3. The van der Waals surface area contributed by atoms with Crippen LogP contribution in [0.4, 0.5) is 18.3 Å². The predicted molar refractivity (Wildman–Crippen MR) is 106 cm³/mol. The normalized spacial score (nSPS) is 16.5. The van der Waals surface area contributed by atoms with Crippen molar-refractivity contribution < 1.29 is 32.3 Å². The number of carbonyl (C=O) groups is 3. The standard InChI is InChI=1S/C20H20F3N3O4S/c1-3-30-18(29)16-11(2)24-19(31-16)25-17(28)13-8-15(27)26(10-13)9-12-5-4-6-14(7-12)20(21,22)23/h4-7,13H,3,8-10H2,1-2H3,(H,24,25,28). The molecular formula is C20H20F3N3O4S. The summed E-state index contributed by atoms with van der Waals surface area (Å²) in [5, 5.41) is 2.83. The van der Waals surface area contributed by atoms with Crippen molar-refractivity contribution in [3.8, 4) is 0 Å². The Morgan fingerprint density at radius 2 is 2.10 bits per heavy atom. The van der Waals surface area contributed by atoms with Gasteiger partial charge in [-0.25, -0.2) is 9.78 Å². The van der Waals surface area contributed by atoms with Crippen LogP contribution in [0.3, 0.4) is 0 Å². The van der Waals surface area contributed by atoms with E-state index in [1.807, 2.05) is 0 Å². The summed E-state index contributed by atoms with van der Waals surface area (Å²) < 4.78 is 43.6. The molecule has 166 valence electrons.